The number of aliphatic hydroxyl groups excluding tert-OH is 1. The van der Waals surface area contributed by atoms with Crippen LogP contribution >= 0.6 is 0 Å². The molecule has 0 bridgehead atoms. The molecule has 0 aliphatic rings. The van der Waals surface area contributed by atoms with Crippen LogP contribution < -0.4 is 5.32 Å². The maximum atomic E-state index is 12.2. The van der Waals surface area contributed by atoms with E-state index in [1.165, 1.54) is 12.3 Å². The molecule has 0 aliphatic carbocycles. The van der Waals surface area contributed by atoms with Crippen LogP contribution in [0.4, 0.5) is 5.69 Å². The number of nitrogens with one attached hydrogen (secondary N) is 1. The van der Waals surface area contributed by atoms with Crippen molar-refractivity contribution in [2.24, 2.45) is 0 Å². The van der Waals surface area contributed by atoms with Gasteiger partial charge in [0.1, 0.15) is 0 Å². The van der Waals surface area contributed by atoms with Crippen LogP contribution in [-0.2, 0) is 11.4 Å². The predicted octanol–water partition coefficient (Wildman–Crippen LogP) is 3.03. The number of para-hydroxylation sites is 1. The molecule has 2 aromatic heterocycles. The Morgan fingerprint density at radius 1 is 1.23 bits per heavy atom. The molecule has 0 fully saturated rings. The van der Waals surface area contributed by atoms with E-state index in [0.29, 0.717) is 11.3 Å². The summed E-state index contributed by atoms with van der Waals surface area (Å²) in [5.41, 5.74) is 4.78. The number of benzene rings is 1. The normalized spacial score (nSPS) is 11.0. The van der Waals surface area contributed by atoms with Gasteiger partial charge in [0.05, 0.1) is 29.9 Å². The van der Waals surface area contributed by atoms with Gasteiger partial charge in [-0.3, -0.25) is 9.78 Å². The molecule has 0 unspecified atom stereocenters. The molecule has 0 aliphatic heterocycles. The van der Waals surface area contributed by atoms with E-state index in [1.807, 2.05) is 48.9 Å². The molecule has 2 heterocycles. The third kappa shape index (κ3) is 3.70. The number of aromatic nitrogens is 3. The Morgan fingerprint density at radius 2 is 2.00 bits per heavy atom. The molecule has 132 valence electrons. The number of amides is 1. The molecular formula is C20H20N4O2. The number of nitrogens with zero attached hydrogens (tertiary/aromatic N) is 3. The van der Waals surface area contributed by atoms with Crippen molar-refractivity contribution in [1.29, 1.82) is 0 Å². The molecule has 1 aromatic carbocycles. The Labute approximate surface area is 151 Å². The van der Waals surface area contributed by atoms with Crippen LogP contribution in [0.25, 0.3) is 11.8 Å². The van der Waals surface area contributed by atoms with E-state index < -0.39 is 0 Å². The van der Waals surface area contributed by atoms with Crippen LogP contribution in [0.15, 0.2) is 54.9 Å². The van der Waals surface area contributed by atoms with Gasteiger partial charge in [-0.2, -0.15) is 5.10 Å². The topological polar surface area (TPSA) is 80.0 Å². The molecule has 0 radical (unpaired) electrons. The molecule has 26 heavy (non-hydrogen) atoms. The molecule has 0 saturated carbocycles. The SMILES string of the molecule is Cc1nn(-c2ccccc2)c(C)c1/C=C/C(=O)Nc1cnccc1CO. The lowest BCUT2D eigenvalue weighted by atomic mass is 10.1. The highest BCUT2D eigenvalue weighted by Gasteiger charge is 2.11. The van der Waals surface area contributed by atoms with Crippen molar-refractivity contribution in [3.63, 3.8) is 0 Å². The standard InChI is InChI=1S/C20H20N4O2/c1-14-18(15(2)24(23-14)17-6-4-3-5-7-17)8-9-20(26)22-19-12-21-11-10-16(19)13-25/h3-12,25H,13H2,1-2H3,(H,22,26)/b9-8+. The summed E-state index contributed by atoms with van der Waals surface area (Å²) in [6.45, 7) is 3.72. The highest BCUT2D eigenvalue weighted by molar-refractivity contribution is 6.02. The first-order valence-electron chi connectivity index (χ1n) is 8.24. The van der Waals surface area contributed by atoms with Gasteiger partial charge in [-0.25, -0.2) is 4.68 Å². The van der Waals surface area contributed by atoms with Crippen LogP contribution in [0.2, 0.25) is 0 Å². The second-order valence-corrected chi connectivity index (χ2v) is 5.85. The van der Waals surface area contributed by atoms with Gasteiger partial charge >= 0.3 is 0 Å². The number of carbonyl (C=O) groups excluding carboxylic acids is 1. The van der Waals surface area contributed by atoms with Gasteiger partial charge in [0.15, 0.2) is 0 Å². The number of carbonyl (C=O) groups is 1. The first kappa shape index (κ1) is 17.6. The Hall–Kier alpha value is -3.25. The molecular weight excluding hydrogens is 328 g/mol. The van der Waals surface area contributed by atoms with Gasteiger partial charge in [-0.15, -0.1) is 0 Å². The Kier molecular flexibility index (Phi) is 5.24. The van der Waals surface area contributed by atoms with E-state index >= 15 is 0 Å². The Morgan fingerprint density at radius 3 is 2.73 bits per heavy atom. The summed E-state index contributed by atoms with van der Waals surface area (Å²) in [7, 11) is 0. The minimum Gasteiger partial charge on any atom is -0.392 e. The maximum Gasteiger partial charge on any atom is 0.248 e. The van der Waals surface area contributed by atoms with Crippen LogP contribution in [-0.4, -0.2) is 25.8 Å². The molecule has 1 amide bonds. The summed E-state index contributed by atoms with van der Waals surface area (Å²) < 4.78 is 1.86. The minimum absolute atomic E-state index is 0.163. The number of pyridine rings is 1. The number of aryl methyl sites for hydroxylation is 1. The summed E-state index contributed by atoms with van der Waals surface area (Å²) in [5, 5.41) is 16.6. The molecule has 0 saturated heterocycles. The van der Waals surface area contributed by atoms with Crippen molar-refractivity contribution in [2.45, 2.75) is 20.5 Å². The van der Waals surface area contributed by atoms with Crippen LogP contribution in [0.3, 0.4) is 0 Å². The molecule has 0 atom stereocenters. The number of aliphatic hydroxyl groups is 1. The van der Waals surface area contributed by atoms with E-state index in [-0.39, 0.29) is 12.5 Å². The summed E-state index contributed by atoms with van der Waals surface area (Å²) in [4.78, 5) is 16.2. The fourth-order valence-electron chi connectivity index (χ4n) is 2.72. The van der Waals surface area contributed by atoms with Crippen LogP contribution in [0.1, 0.15) is 22.5 Å². The zero-order valence-corrected chi connectivity index (χ0v) is 14.7. The maximum absolute atomic E-state index is 12.2. The van der Waals surface area contributed by atoms with E-state index in [0.717, 1.165) is 22.6 Å². The van der Waals surface area contributed by atoms with Crippen LogP contribution in [0, 0.1) is 13.8 Å². The highest BCUT2D eigenvalue weighted by Crippen LogP contribution is 2.19. The van der Waals surface area contributed by atoms with Gasteiger partial charge < -0.3 is 10.4 Å². The quantitative estimate of drug-likeness (QED) is 0.695. The van der Waals surface area contributed by atoms with E-state index in [1.54, 1.807) is 18.3 Å². The average Bonchev–Trinajstić information content (AvgIpc) is 2.95. The van der Waals surface area contributed by atoms with Crippen molar-refractivity contribution < 1.29 is 9.90 Å². The number of hydrogen-bond donors (Lipinski definition) is 2. The second-order valence-electron chi connectivity index (χ2n) is 5.85. The molecule has 6 heteroatoms. The zero-order chi connectivity index (χ0) is 18.5. The first-order valence-corrected chi connectivity index (χ1v) is 8.24. The smallest absolute Gasteiger partial charge is 0.248 e. The molecule has 6 nitrogen and oxygen atoms in total. The minimum atomic E-state index is -0.293. The zero-order valence-electron chi connectivity index (χ0n) is 14.7. The van der Waals surface area contributed by atoms with Crippen molar-refractivity contribution in [3.05, 3.63) is 77.4 Å². The van der Waals surface area contributed by atoms with Gasteiger partial charge in [0.2, 0.25) is 5.91 Å². The highest BCUT2D eigenvalue weighted by atomic mass is 16.3. The third-order valence-electron chi connectivity index (χ3n) is 4.09. The summed E-state index contributed by atoms with van der Waals surface area (Å²) in [6.07, 6.45) is 6.30. The lowest BCUT2D eigenvalue weighted by Gasteiger charge is -2.06. The van der Waals surface area contributed by atoms with Crippen molar-refractivity contribution in [3.8, 4) is 5.69 Å². The number of anilines is 1. The Bertz CT molecular complexity index is 946. The number of rotatable bonds is 5. The van der Waals surface area contributed by atoms with E-state index in [2.05, 4.69) is 15.4 Å². The van der Waals surface area contributed by atoms with Gasteiger partial charge in [0, 0.05) is 29.1 Å². The van der Waals surface area contributed by atoms with Gasteiger partial charge in [-0.1, -0.05) is 18.2 Å². The lowest BCUT2D eigenvalue weighted by Crippen LogP contribution is -2.10. The average molecular weight is 348 g/mol. The number of hydrogen-bond acceptors (Lipinski definition) is 4. The monoisotopic (exact) mass is 348 g/mol. The fraction of sp³-hybridized carbons (Fsp3) is 0.150. The third-order valence-corrected chi connectivity index (χ3v) is 4.09. The Balaban J connectivity index is 1.80. The first-order chi connectivity index (χ1) is 12.6. The summed E-state index contributed by atoms with van der Waals surface area (Å²) in [6, 6.07) is 11.5. The van der Waals surface area contributed by atoms with E-state index in [4.69, 9.17) is 0 Å². The van der Waals surface area contributed by atoms with E-state index in [9.17, 15) is 9.90 Å². The van der Waals surface area contributed by atoms with Gasteiger partial charge in [-0.05, 0) is 38.1 Å². The molecule has 2 N–H and O–H groups in total. The molecule has 3 rings (SSSR count). The predicted molar refractivity (Wildman–Crippen MR) is 101 cm³/mol. The van der Waals surface area contributed by atoms with Gasteiger partial charge in [0.25, 0.3) is 0 Å². The summed E-state index contributed by atoms with van der Waals surface area (Å²) >= 11 is 0. The van der Waals surface area contributed by atoms with Crippen molar-refractivity contribution in [2.75, 3.05) is 5.32 Å². The lowest BCUT2D eigenvalue weighted by molar-refractivity contribution is -0.111. The fourth-order valence-corrected chi connectivity index (χ4v) is 2.72. The second kappa shape index (κ2) is 7.76. The summed E-state index contributed by atoms with van der Waals surface area (Å²) in [5.74, 6) is -0.293. The molecule has 3 aromatic rings. The largest absolute Gasteiger partial charge is 0.392 e. The molecule has 0 spiro atoms. The van der Waals surface area contributed by atoms with Crippen LogP contribution in [0.5, 0.6) is 0 Å². The van der Waals surface area contributed by atoms with Crippen molar-refractivity contribution in [1.82, 2.24) is 14.8 Å². The van der Waals surface area contributed by atoms with Crippen molar-refractivity contribution >= 4 is 17.7 Å².